The minimum absolute atomic E-state index is 0.0579. The molecule has 1 atom stereocenters. The molecule has 2 amide bonds. The molecule has 0 spiro atoms. The highest BCUT2D eigenvalue weighted by Gasteiger charge is 2.37. The van der Waals surface area contributed by atoms with E-state index in [9.17, 15) is 9.59 Å². The summed E-state index contributed by atoms with van der Waals surface area (Å²) in [6.45, 7) is 3.63. The predicted molar refractivity (Wildman–Crippen MR) is 97.8 cm³/mol. The number of furan rings is 1. The Balaban J connectivity index is 1.44. The molecule has 3 heterocycles. The van der Waals surface area contributed by atoms with E-state index >= 15 is 0 Å². The first-order valence-electron chi connectivity index (χ1n) is 9.01. The Bertz CT molecular complexity index is 875. The maximum Gasteiger partial charge on any atom is 0.228 e. The minimum Gasteiger partial charge on any atom is -0.486 e. The van der Waals surface area contributed by atoms with Crippen LogP contribution in [0.1, 0.15) is 17.9 Å². The lowest BCUT2D eigenvalue weighted by Crippen LogP contribution is -2.34. The normalized spacial score (nSPS) is 18.7. The van der Waals surface area contributed by atoms with Crippen molar-refractivity contribution in [3.63, 3.8) is 0 Å². The van der Waals surface area contributed by atoms with Gasteiger partial charge in [-0.3, -0.25) is 9.59 Å². The maximum absolute atomic E-state index is 12.8. The second-order valence-electron chi connectivity index (χ2n) is 6.94. The van der Waals surface area contributed by atoms with Gasteiger partial charge in [0.25, 0.3) is 0 Å². The molecule has 2 aliphatic heterocycles. The number of rotatable bonds is 4. The van der Waals surface area contributed by atoms with Crippen LogP contribution in [-0.2, 0) is 16.1 Å². The molecule has 0 aliphatic carbocycles. The lowest BCUT2D eigenvalue weighted by Gasteiger charge is -2.23. The Labute approximate surface area is 157 Å². The Morgan fingerprint density at radius 2 is 1.96 bits per heavy atom. The van der Waals surface area contributed by atoms with Crippen molar-refractivity contribution in [1.82, 2.24) is 4.90 Å². The highest BCUT2D eigenvalue weighted by Crippen LogP contribution is 2.36. The fourth-order valence-electron chi connectivity index (χ4n) is 3.52. The van der Waals surface area contributed by atoms with Gasteiger partial charge in [-0.1, -0.05) is 0 Å². The van der Waals surface area contributed by atoms with Gasteiger partial charge in [0.05, 0.1) is 12.5 Å². The van der Waals surface area contributed by atoms with Crippen LogP contribution in [0, 0.1) is 12.8 Å². The first-order chi connectivity index (χ1) is 13.0. The van der Waals surface area contributed by atoms with Gasteiger partial charge in [-0.25, -0.2) is 0 Å². The number of hydrogen-bond donors (Lipinski definition) is 0. The van der Waals surface area contributed by atoms with Gasteiger partial charge >= 0.3 is 0 Å². The highest BCUT2D eigenvalue weighted by atomic mass is 16.6. The van der Waals surface area contributed by atoms with E-state index in [0.717, 1.165) is 17.2 Å². The largest absolute Gasteiger partial charge is 0.486 e. The van der Waals surface area contributed by atoms with Gasteiger partial charge in [0.1, 0.15) is 24.7 Å². The van der Waals surface area contributed by atoms with Crippen molar-refractivity contribution >= 4 is 17.5 Å². The van der Waals surface area contributed by atoms with E-state index < -0.39 is 0 Å². The summed E-state index contributed by atoms with van der Waals surface area (Å²) in [4.78, 5) is 28.5. The Morgan fingerprint density at radius 1 is 1.19 bits per heavy atom. The van der Waals surface area contributed by atoms with Crippen LogP contribution in [0.4, 0.5) is 5.69 Å². The zero-order valence-electron chi connectivity index (χ0n) is 15.4. The number of carbonyl (C=O) groups excluding carboxylic acids is 2. The molecule has 7 heteroatoms. The Kier molecular flexibility index (Phi) is 4.51. The zero-order valence-corrected chi connectivity index (χ0v) is 15.4. The number of anilines is 1. The van der Waals surface area contributed by atoms with Crippen molar-refractivity contribution in [3.8, 4) is 11.5 Å². The number of hydrogen-bond acceptors (Lipinski definition) is 5. The van der Waals surface area contributed by atoms with Crippen LogP contribution in [0.2, 0.25) is 0 Å². The molecule has 1 fully saturated rings. The minimum atomic E-state index is -0.369. The van der Waals surface area contributed by atoms with E-state index in [-0.39, 0.29) is 24.2 Å². The highest BCUT2D eigenvalue weighted by molar-refractivity contribution is 6.00. The predicted octanol–water partition coefficient (Wildman–Crippen LogP) is 2.37. The second-order valence-corrected chi connectivity index (χ2v) is 6.94. The van der Waals surface area contributed by atoms with Gasteiger partial charge < -0.3 is 23.7 Å². The second kappa shape index (κ2) is 6.98. The van der Waals surface area contributed by atoms with Crippen molar-refractivity contribution in [2.75, 3.05) is 31.7 Å². The number of ether oxygens (including phenoxy) is 2. The van der Waals surface area contributed by atoms with Crippen LogP contribution in [0.25, 0.3) is 0 Å². The molecule has 0 bridgehead atoms. The molecule has 0 unspecified atom stereocenters. The van der Waals surface area contributed by atoms with Gasteiger partial charge in [0.2, 0.25) is 11.8 Å². The molecule has 27 heavy (non-hydrogen) atoms. The summed E-state index contributed by atoms with van der Waals surface area (Å²) in [5.41, 5.74) is 0.726. The third-order valence-electron chi connectivity index (χ3n) is 4.88. The van der Waals surface area contributed by atoms with Crippen molar-refractivity contribution in [1.29, 1.82) is 0 Å². The van der Waals surface area contributed by atoms with Crippen LogP contribution in [-0.4, -0.2) is 43.5 Å². The summed E-state index contributed by atoms with van der Waals surface area (Å²) >= 11 is 0. The third kappa shape index (κ3) is 3.49. The molecule has 2 aliphatic rings. The summed E-state index contributed by atoms with van der Waals surface area (Å²) in [6.07, 6.45) is 0.203. The average molecular weight is 370 g/mol. The van der Waals surface area contributed by atoms with Crippen LogP contribution >= 0.6 is 0 Å². The number of aryl methyl sites for hydroxylation is 1. The third-order valence-corrected chi connectivity index (χ3v) is 4.88. The van der Waals surface area contributed by atoms with Gasteiger partial charge in [-0.2, -0.15) is 0 Å². The molecular formula is C20H22N2O5. The Morgan fingerprint density at radius 3 is 2.70 bits per heavy atom. The van der Waals surface area contributed by atoms with Gasteiger partial charge in [-0.15, -0.1) is 0 Å². The van der Waals surface area contributed by atoms with Crippen LogP contribution in [0.5, 0.6) is 11.5 Å². The molecule has 0 saturated carbocycles. The molecule has 2 aromatic rings. The van der Waals surface area contributed by atoms with Gasteiger partial charge in [0, 0.05) is 31.8 Å². The number of benzene rings is 1. The van der Waals surface area contributed by atoms with E-state index in [1.165, 1.54) is 0 Å². The van der Waals surface area contributed by atoms with Crippen molar-refractivity contribution in [3.05, 3.63) is 41.9 Å². The van der Waals surface area contributed by atoms with E-state index in [4.69, 9.17) is 13.9 Å². The molecule has 7 nitrogen and oxygen atoms in total. The topological polar surface area (TPSA) is 72.2 Å². The summed E-state index contributed by atoms with van der Waals surface area (Å²) in [7, 11) is 1.73. The van der Waals surface area contributed by atoms with Crippen molar-refractivity contribution in [2.24, 2.45) is 5.92 Å². The fraction of sp³-hybridized carbons (Fsp3) is 0.400. The summed E-state index contributed by atoms with van der Waals surface area (Å²) in [5, 5.41) is 0. The summed E-state index contributed by atoms with van der Waals surface area (Å²) < 4.78 is 16.6. The van der Waals surface area contributed by atoms with Crippen LogP contribution in [0.15, 0.2) is 34.7 Å². The molecule has 1 aromatic carbocycles. The standard InChI is InChI=1S/C20H22N2O5/c1-13-3-5-16(27-13)12-21(2)20(24)14-9-19(23)22(11-14)15-4-6-17-18(10-15)26-8-7-25-17/h3-6,10,14H,7-9,11-12H2,1-2H3/t14-/m0/s1. The van der Waals surface area contributed by atoms with E-state index in [2.05, 4.69) is 0 Å². The van der Waals surface area contributed by atoms with E-state index in [0.29, 0.717) is 37.8 Å². The van der Waals surface area contributed by atoms with Crippen LogP contribution < -0.4 is 14.4 Å². The molecule has 1 aromatic heterocycles. The van der Waals surface area contributed by atoms with Gasteiger partial charge in [0.15, 0.2) is 11.5 Å². The number of fused-ring (bicyclic) bond motifs is 1. The molecule has 142 valence electrons. The first-order valence-corrected chi connectivity index (χ1v) is 9.01. The smallest absolute Gasteiger partial charge is 0.228 e. The summed E-state index contributed by atoms with van der Waals surface area (Å²) in [5.74, 6) is 2.36. The number of nitrogens with zero attached hydrogens (tertiary/aromatic N) is 2. The molecular weight excluding hydrogens is 348 g/mol. The summed E-state index contributed by atoms with van der Waals surface area (Å²) in [6, 6.07) is 9.16. The molecule has 1 saturated heterocycles. The monoisotopic (exact) mass is 370 g/mol. The zero-order chi connectivity index (χ0) is 19.0. The maximum atomic E-state index is 12.8. The quantitative estimate of drug-likeness (QED) is 0.826. The van der Waals surface area contributed by atoms with Crippen molar-refractivity contribution < 1.29 is 23.5 Å². The van der Waals surface area contributed by atoms with E-state index in [1.54, 1.807) is 29.0 Å². The fourth-order valence-corrected chi connectivity index (χ4v) is 3.52. The number of amides is 2. The average Bonchev–Trinajstić information content (AvgIpc) is 3.26. The molecule has 4 rings (SSSR count). The van der Waals surface area contributed by atoms with Gasteiger partial charge in [-0.05, 0) is 31.2 Å². The van der Waals surface area contributed by atoms with Crippen LogP contribution in [0.3, 0.4) is 0 Å². The van der Waals surface area contributed by atoms with Crippen molar-refractivity contribution in [2.45, 2.75) is 19.9 Å². The number of carbonyl (C=O) groups is 2. The molecule has 0 radical (unpaired) electrons. The lowest BCUT2D eigenvalue weighted by molar-refractivity contribution is -0.135. The SMILES string of the molecule is Cc1ccc(CN(C)C(=O)[C@H]2CC(=O)N(c3ccc4c(c3)OCCO4)C2)o1. The Hall–Kier alpha value is -2.96. The molecule has 0 N–H and O–H groups in total. The van der Waals surface area contributed by atoms with E-state index in [1.807, 2.05) is 25.1 Å². The first kappa shape index (κ1) is 17.5. The lowest BCUT2D eigenvalue weighted by atomic mass is 10.1.